The van der Waals surface area contributed by atoms with E-state index in [0.717, 1.165) is 24.0 Å². The van der Waals surface area contributed by atoms with Crippen LogP contribution in [0.1, 0.15) is 23.7 Å². The highest BCUT2D eigenvalue weighted by Gasteiger charge is 2.24. The summed E-state index contributed by atoms with van der Waals surface area (Å²) in [6.07, 6.45) is 0.789. The summed E-state index contributed by atoms with van der Waals surface area (Å²) in [5, 5.41) is 0. The number of hydrogen-bond donors (Lipinski definition) is 0. The van der Waals surface area contributed by atoms with Crippen molar-refractivity contribution in [1.82, 2.24) is 4.90 Å². The van der Waals surface area contributed by atoms with Crippen LogP contribution in [0.25, 0.3) is 0 Å². The first-order valence-electron chi connectivity index (χ1n) is 5.36. The molecule has 1 fully saturated rings. The molecule has 86 valence electrons. The Morgan fingerprint density at radius 1 is 1.44 bits per heavy atom. The second-order valence-electron chi connectivity index (χ2n) is 3.83. The van der Waals surface area contributed by atoms with Gasteiger partial charge in [0.05, 0.1) is 6.61 Å². The molecule has 1 aliphatic heterocycles. The number of benzene rings is 1. The van der Waals surface area contributed by atoms with E-state index in [1.54, 1.807) is 4.90 Å². The van der Waals surface area contributed by atoms with Gasteiger partial charge in [-0.15, -0.1) is 0 Å². The Morgan fingerprint density at radius 2 is 2.12 bits per heavy atom. The molecule has 0 radical (unpaired) electrons. The van der Waals surface area contributed by atoms with Crippen molar-refractivity contribution in [3.63, 3.8) is 0 Å². The zero-order chi connectivity index (χ0) is 11.5. The number of carbonyl (C=O) groups excluding carboxylic acids is 1. The molecule has 1 unspecified atom stereocenters. The van der Waals surface area contributed by atoms with E-state index >= 15 is 0 Å². The number of ether oxygens (including phenoxy) is 1. The molecule has 1 aromatic rings. The highest BCUT2D eigenvalue weighted by atomic mass is 79.9. The molecule has 2 rings (SSSR count). The monoisotopic (exact) mass is 283 g/mol. The molecule has 1 aromatic carbocycles. The molecule has 1 amide bonds. The SMILES string of the molecule is CC1OCCCN1C(=O)c1ccc(Br)cc1. The second kappa shape index (κ2) is 4.97. The largest absolute Gasteiger partial charge is 0.359 e. The van der Waals surface area contributed by atoms with Crippen molar-refractivity contribution in [3.05, 3.63) is 34.3 Å². The topological polar surface area (TPSA) is 29.5 Å². The number of rotatable bonds is 1. The minimum atomic E-state index is -0.120. The molecule has 4 heteroatoms. The minimum absolute atomic E-state index is 0.0414. The summed E-state index contributed by atoms with van der Waals surface area (Å²) >= 11 is 3.35. The Balaban J connectivity index is 2.14. The molecule has 1 saturated heterocycles. The first-order chi connectivity index (χ1) is 7.68. The van der Waals surface area contributed by atoms with E-state index in [4.69, 9.17) is 4.74 Å². The number of amides is 1. The van der Waals surface area contributed by atoms with Crippen LogP contribution in [-0.2, 0) is 4.74 Å². The van der Waals surface area contributed by atoms with E-state index in [9.17, 15) is 4.79 Å². The van der Waals surface area contributed by atoms with Crippen LogP contribution in [0.2, 0.25) is 0 Å². The van der Waals surface area contributed by atoms with Gasteiger partial charge in [-0.05, 0) is 37.6 Å². The molecule has 3 nitrogen and oxygen atoms in total. The van der Waals surface area contributed by atoms with Crippen molar-refractivity contribution < 1.29 is 9.53 Å². The summed E-state index contributed by atoms with van der Waals surface area (Å²) in [5.41, 5.74) is 0.709. The molecule has 1 heterocycles. The van der Waals surface area contributed by atoms with E-state index < -0.39 is 0 Å². The molecule has 0 saturated carbocycles. The quantitative estimate of drug-likeness (QED) is 0.793. The lowest BCUT2D eigenvalue weighted by Gasteiger charge is -2.33. The van der Waals surface area contributed by atoms with Gasteiger partial charge in [-0.25, -0.2) is 0 Å². The highest BCUT2D eigenvalue weighted by molar-refractivity contribution is 9.10. The Bertz CT molecular complexity index is 377. The lowest BCUT2D eigenvalue weighted by atomic mass is 10.2. The Morgan fingerprint density at radius 3 is 2.75 bits per heavy atom. The summed E-state index contributed by atoms with van der Waals surface area (Å²) < 4.78 is 6.43. The van der Waals surface area contributed by atoms with Crippen LogP contribution in [0.3, 0.4) is 0 Å². The van der Waals surface area contributed by atoms with E-state index in [1.165, 1.54) is 0 Å². The fourth-order valence-corrected chi connectivity index (χ4v) is 2.05. The van der Waals surface area contributed by atoms with E-state index in [2.05, 4.69) is 15.9 Å². The molecule has 1 aliphatic rings. The minimum Gasteiger partial charge on any atom is -0.359 e. The molecule has 0 aromatic heterocycles. The Hall–Kier alpha value is -0.870. The van der Waals surface area contributed by atoms with E-state index in [0.29, 0.717) is 5.56 Å². The van der Waals surface area contributed by atoms with Crippen LogP contribution in [0.15, 0.2) is 28.7 Å². The number of nitrogens with zero attached hydrogens (tertiary/aromatic N) is 1. The third kappa shape index (κ3) is 2.44. The molecule has 16 heavy (non-hydrogen) atoms. The average molecular weight is 284 g/mol. The van der Waals surface area contributed by atoms with Crippen molar-refractivity contribution in [2.24, 2.45) is 0 Å². The van der Waals surface area contributed by atoms with Gasteiger partial charge in [0, 0.05) is 16.6 Å². The first kappa shape index (κ1) is 11.6. The summed E-state index contributed by atoms with van der Waals surface area (Å²) in [5.74, 6) is 0.0414. The lowest BCUT2D eigenvalue weighted by Crippen LogP contribution is -2.44. The number of carbonyl (C=O) groups is 1. The van der Waals surface area contributed by atoms with Crippen molar-refractivity contribution in [2.45, 2.75) is 19.6 Å². The molecule has 0 N–H and O–H groups in total. The number of halogens is 1. The molecular weight excluding hydrogens is 270 g/mol. The van der Waals surface area contributed by atoms with Gasteiger partial charge in [-0.3, -0.25) is 4.79 Å². The number of hydrogen-bond acceptors (Lipinski definition) is 2. The van der Waals surface area contributed by atoms with Crippen molar-refractivity contribution in [3.8, 4) is 0 Å². The third-order valence-corrected chi connectivity index (χ3v) is 3.22. The second-order valence-corrected chi connectivity index (χ2v) is 4.74. The zero-order valence-corrected chi connectivity index (χ0v) is 10.7. The van der Waals surface area contributed by atoms with Gasteiger partial charge in [-0.1, -0.05) is 15.9 Å². The molecule has 1 atom stereocenters. The maximum absolute atomic E-state index is 12.2. The van der Waals surface area contributed by atoms with Crippen molar-refractivity contribution in [1.29, 1.82) is 0 Å². The molecule has 0 aliphatic carbocycles. The average Bonchev–Trinajstić information content (AvgIpc) is 2.30. The van der Waals surface area contributed by atoms with Gasteiger partial charge >= 0.3 is 0 Å². The van der Waals surface area contributed by atoms with Crippen molar-refractivity contribution in [2.75, 3.05) is 13.2 Å². The molecular formula is C12H14BrNO2. The fourth-order valence-electron chi connectivity index (χ4n) is 1.79. The molecule has 0 spiro atoms. The van der Waals surface area contributed by atoms with Crippen LogP contribution in [-0.4, -0.2) is 30.2 Å². The lowest BCUT2D eigenvalue weighted by molar-refractivity contribution is -0.0661. The van der Waals surface area contributed by atoms with Crippen LogP contribution in [0.4, 0.5) is 0 Å². The Kier molecular flexibility index (Phi) is 3.61. The standard InChI is InChI=1S/C12H14BrNO2/c1-9-14(7-2-8-16-9)12(15)10-3-5-11(13)6-4-10/h3-6,9H,2,7-8H2,1H3. The summed E-state index contributed by atoms with van der Waals surface area (Å²) in [6, 6.07) is 7.41. The summed E-state index contributed by atoms with van der Waals surface area (Å²) in [6.45, 7) is 3.43. The summed E-state index contributed by atoms with van der Waals surface area (Å²) in [4.78, 5) is 13.9. The van der Waals surface area contributed by atoms with E-state index in [-0.39, 0.29) is 12.1 Å². The van der Waals surface area contributed by atoms with Gasteiger partial charge in [0.2, 0.25) is 0 Å². The van der Waals surface area contributed by atoms with Gasteiger partial charge in [-0.2, -0.15) is 0 Å². The van der Waals surface area contributed by atoms with Gasteiger partial charge in [0.1, 0.15) is 6.23 Å². The van der Waals surface area contributed by atoms with Gasteiger partial charge < -0.3 is 9.64 Å². The summed E-state index contributed by atoms with van der Waals surface area (Å²) in [7, 11) is 0. The van der Waals surface area contributed by atoms with Gasteiger partial charge in [0.25, 0.3) is 5.91 Å². The van der Waals surface area contributed by atoms with Crippen molar-refractivity contribution >= 4 is 21.8 Å². The fraction of sp³-hybridized carbons (Fsp3) is 0.417. The Labute approximate surface area is 104 Å². The molecule has 0 bridgehead atoms. The smallest absolute Gasteiger partial charge is 0.255 e. The van der Waals surface area contributed by atoms with Crippen LogP contribution in [0, 0.1) is 0 Å². The predicted molar refractivity (Wildman–Crippen MR) is 65.2 cm³/mol. The maximum atomic E-state index is 12.2. The van der Waals surface area contributed by atoms with Crippen LogP contribution in [0.5, 0.6) is 0 Å². The predicted octanol–water partition coefficient (Wildman–Crippen LogP) is 2.66. The zero-order valence-electron chi connectivity index (χ0n) is 9.15. The highest BCUT2D eigenvalue weighted by Crippen LogP contribution is 2.16. The normalized spacial score (nSPS) is 20.9. The third-order valence-electron chi connectivity index (χ3n) is 2.69. The van der Waals surface area contributed by atoms with Crippen LogP contribution >= 0.6 is 15.9 Å². The van der Waals surface area contributed by atoms with Gasteiger partial charge in [0.15, 0.2) is 0 Å². The van der Waals surface area contributed by atoms with E-state index in [1.807, 2.05) is 31.2 Å². The first-order valence-corrected chi connectivity index (χ1v) is 6.16. The van der Waals surface area contributed by atoms with Crippen LogP contribution < -0.4 is 0 Å². The maximum Gasteiger partial charge on any atom is 0.255 e.